The summed E-state index contributed by atoms with van der Waals surface area (Å²) in [7, 11) is 0. The van der Waals surface area contributed by atoms with E-state index in [4.69, 9.17) is 4.84 Å². The first-order chi connectivity index (χ1) is 8.84. The van der Waals surface area contributed by atoms with Crippen molar-refractivity contribution < 1.29 is 9.63 Å². The van der Waals surface area contributed by atoms with E-state index >= 15 is 0 Å². The van der Waals surface area contributed by atoms with Crippen molar-refractivity contribution >= 4 is 18.3 Å². The smallest absolute Gasteiger partial charge is 0.249 e. The molecule has 3 aliphatic heterocycles. The maximum Gasteiger partial charge on any atom is 0.249 e. The standard InChI is InChI=1S/C14H20N2O2.ClH/c17-14-8-11-18-16(14)10-2-1-9-15-12-4-3-5-13(15)7-6-12;/h12-13H,3-11H2;1H. The second-order valence-electron chi connectivity index (χ2n) is 5.36. The summed E-state index contributed by atoms with van der Waals surface area (Å²) in [5.74, 6) is 6.33. The fourth-order valence-electron chi connectivity index (χ4n) is 3.33. The number of rotatable bonds is 2. The van der Waals surface area contributed by atoms with Crippen LogP contribution in [0.4, 0.5) is 0 Å². The van der Waals surface area contributed by atoms with Gasteiger partial charge in [-0.05, 0) is 25.7 Å². The largest absolute Gasteiger partial charge is 0.286 e. The van der Waals surface area contributed by atoms with E-state index in [1.807, 2.05) is 0 Å². The Bertz CT molecular complexity index is 375. The second kappa shape index (κ2) is 6.60. The van der Waals surface area contributed by atoms with Gasteiger partial charge in [-0.25, -0.2) is 5.06 Å². The van der Waals surface area contributed by atoms with Gasteiger partial charge in [-0.15, -0.1) is 12.4 Å². The maximum atomic E-state index is 11.3. The molecule has 2 bridgehead atoms. The summed E-state index contributed by atoms with van der Waals surface area (Å²) in [6.45, 7) is 1.79. The number of hydrogen-bond donors (Lipinski definition) is 0. The van der Waals surface area contributed by atoms with Gasteiger partial charge in [-0.1, -0.05) is 18.3 Å². The number of amides is 1. The van der Waals surface area contributed by atoms with E-state index in [0.29, 0.717) is 19.6 Å². The Balaban J connectivity index is 0.00000133. The highest BCUT2D eigenvalue weighted by molar-refractivity contribution is 5.85. The molecule has 0 aromatic rings. The fraction of sp³-hybridized carbons (Fsp3) is 0.786. The molecule has 0 saturated carbocycles. The predicted octanol–water partition coefficient (Wildman–Crippen LogP) is 1.59. The zero-order valence-electron chi connectivity index (χ0n) is 11.1. The van der Waals surface area contributed by atoms with Gasteiger partial charge in [0.1, 0.15) is 6.54 Å². The Labute approximate surface area is 120 Å². The van der Waals surface area contributed by atoms with Gasteiger partial charge in [0.25, 0.3) is 0 Å². The van der Waals surface area contributed by atoms with Crippen LogP contribution in [0, 0.1) is 11.8 Å². The second-order valence-corrected chi connectivity index (χ2v) is 5.36. The Morgan fingerprint density at radius 2 is 1.79 bits per heavy atom. The van der Waals surface area contributed by atoms with E-state index in [2.05, 4.69) is 16.7 Å². The Hall–Kier alpha value is -0.760. The van der Waals surface area contributed by atoms with Crippen LogP contribution < -0.4 is 0 Å². The van der Waals surface area contributed by atoms with Crippen LogP contribution in [0.3, 0.4) is 0 Å². The minimum atomic E-state index is 0. The third-order valence-corrected chi connectivity index (χ3v) is 4.30. The monoisotopic (exact) mass is 284 g/mol. The molecule has 106 valence electrons. The molecule has 2 atom stereocenters. The number of hydrogen-bond acceptors (Lipinski definition) is 3. The maximum absolute atomic E-state index is 11.3. The quantitative estimate of drug-likeness (QED) is 0.722. The predicted molar refractivity (Wildman–Crippen MR) is 74.7 cm³/mol. The van der Waals surface area contributed by atoms with Crippen molar-refractivity contribution in [3.05, 3.63) is 0 Å². The van der Waals surface area contributed by atoms with Gasteiger partial charge in [0.15, 0.2) is 0 Å². The van der Waals surface area contributed by atoms with Gasteiger partial charge in [0.05, 0.1) is 19.6 Å². The lowest BCUT2D eigenvalue weighted by molar-refractivity contribution is -0.158. The van der Waals surface area contributed by atoms with Gasteiger partial charge in [-0.2, -0.15) is 0 Å². The SMILES string of the molecule is Cl.O=C1CCON1CC#CCN1C2CCCC1CC2. The van der Waals surface area contributed by atoms with Crippen molar-refractivity contribution in [2.24, 2.45) is 0 Å². The van der Waals surface area contributed by atoms with E-state index < -0.39 is 0 Å². The molecule has 3 rings (SSSR count). The van der Waals surface area contributed by atoms with Crippen LogP contribution in [0.25, 0.3) is 0 Å². The number of nitrogens with zero attached hydrogens (tertiary/aromatic N) is 2. The first kappa shape index (κ1) is 14.6. The molecule has 0 aliphatic carbocycles. The molecular formula is C14H21ClN2O2. The van der Waals surface area contributed by atoms with Crippen LogP contribution in [-0.2, 0) is 9.63 Å². The zero-order valence-corrected chi connectivity index (χ0v) is 12.0. The van der Waals surface area contributed by atoms with Crippen molar-refractivity contribution in [2.45, 2.75) is 50.6 Å². The highest BCUT2D eigenvalue weighted by Gasteiger charge is 2.35. The summed E-state index contributed by atoms with van der Waals surface area (Å²) in [4.78, 5) is 19.0. The first-order valence-electron chi connectivity index (χ1n) is 6.99. The molecule has 19 heavy (non-hydrogen) atoms. The van der Waals surface area contributed by atoms with E-state index in [1.165, 1.54) is 37.2 Å². The van der Waals surface area contributed by atoms with Crippen LogP contribution in [0.1, 0.15) is 38.5 Å². The number of halogens is 1. The highest BCUT2D eigenvalue weighted by Crippen LogP contribution is 2.34. The molecule has 3 fully saturated rings. The van der Waals surface area contributed by atoms with Crippen molar-refractivity contribution in [1.29, 1.82) is 0 Å². The van der Waals surface area contributed by atoms with Gasteiger partial charge in [-0.3, -0.25) is 14.5 Å². The summed E-state index contributed by atoms with van der Waals surface area (Å²) in [6.07, 6.45) is 7.26. The van der Waals surface area contributed by atoms with Crippen molar-refractivity contribution in [1.82, 2.24) is 9.96 Å². The van der Waals surface area contributed by atoms with Gasteiger partial charge >= 0.3 is 0 Å². The molecule has 0 radical (unpaired) electrons. The van der Waals surface area contributed by atoms with Crippen LogP contribution in [0.5, 0.6) is 0 Å². The average molecular weight is 285 g/mol. The Morgan fingerprint density at radius 3 is 2.42 bits per heavy atom. The number of piperidine rings is 1. The molecule has 3 heterocycles. The lowest BCUT2D eigenvalue weighted by atomic mass is 10.0. The fourth-order valence-corrected chi connectivity index (χ4v) is 3.33. The van der Waals surface area contributed by atoms with Crippen molar-refractivity contribution in [2.75, 3.05) is 19.7 Å². The van der Waals surface area contributed by atoms with Gasteiger partial charge in [0, 0.05) is 12.1 Å². The van der Waals surface area contributed by atoms with Crippen molar-refractivity contribution in [3.63, 3.8) is 0 Å². The summed E-state index contributed by atoms with van der Waals surface area (Å²) < 4.78 is 0. The van der Waals surface area contributed by atoms with E-state index in [9.17, 15) is 4.79 Å². The number of hydroxylamine groups is 2. The van der Waals surface area contributed by atoms with Crippen LogP contribution in [0.2, 0.25) is 0 Å². The summed E-state index contributed by atoms with van der Waals surface area (Å²) >= 11 is 0. The molecular weight excluding hydrogens is 264 g/mol. The summed E-state index contributed by atoms with van der Waals surface area (Å²) in [5, 5.41) is 1.39. The normalized spacial score (nSPS) is 29.9. The lowest BCUT2D eigenvalue weighted by Crippen LogP contribution is -2.39. The molecule has 0 aromatic carbocycles. The molecule has 3 saturated heterocycles. The highest BCUT2D eigenvalue weighted by atomic mass is 35.5. The van der Waals surface area contributed by atoms with E-state index in [0.717, 1.165) is 18.6 Å². The third-order valence-electron chi connectivity index (χ3n) is 4.30. The Morgan fingerprint density at radius 1 is 1.11 bits per heavy atom. The molecule has 3 aliphatic rings. The summed E-state index contributed by atoms with van der Waals surface area (Å²) in [6, 6.07) is 1.53. The molecule has 4 nitrogen and oxygen atoms in total. The molecule has 5 heteroatoms. The molecule has 0 spiro atoms. The molecule has 0 aromatic heterocycles. The number of carbonyl (C=O) groups is 1. The molecule has 2 unspecified atom stereocenters. The first-order valence-corrected chi connectivity index (χ1v) is 6.99. The van der Waals surface area contributed by atoms with Crippen molar-refractivity contribution in [3.8, 4) is 11.8 Å². The van der Waals surface area contributed by atoms with E-state index in [-0.39, 0.29) is 18.3 Å². The average Bonchev–Trinajstić information content (AvgIpc) is 2.86. The zero-order chi connectivity index (χ0) is 12.4. The minimum Gasteiger partial charge on any atom is -0.286 e. The van der Waals surface area contributed by atoms with E-state index in [1.54, 1.807) is 0 Å². The lowest BCUT2D eigenvalue weighted by Gasteiger charge is -2.32. The number of fused-ring (bicyclic) bond motifs is 2. The third kappa shape index (κ3) is 3.22. The Kier molecular flexibility index (Phi) is 5.09. The summed E-state index contributed by atoms with van der Waals surface area (Å²) in [5.41, 5.74) is 0. The minimum absolute atomic E-state index is 0. The van der Waals surface area contributed by atoms with Gasteiger partial charge in [0.2, 0.25) is 5.91 Å². The topological polar surface area (TPSA) is 32.8 Å². The van der Waals surface area contributed by atoms with Crippen LogP contribution in [0.15, 0.2) is 0 Å². The molecule has 1 amide bonds. The van der Waals surface area contributed by atoms with Crippen LogP contribution in [-0.4, -0.2) is 47.7 Å². The van der Waals surface area contributed by atoms with Crippen LogP contribution >= 0.6 is 12.4 Å². The molecule has 0 N–H and O–H groups in total. The van der Waals surface area contributed by atoms with Gasteiger partial charge < -0.3 is 0 Å². The number of carbonyl (C=O) groups excluding carboxylic acids is 1.